The van der Waals surface area contributed by atoms with E-state index in [4.69, 9.17) is 5.11 Å². The van der Waals surface area contributed by atoms with Gasteiger partial charge in [0.05, 0.1) is 5.92 Å². The van der Waals surface area contributed by atoms with Gasteiger partial charge >= 0.3 is 147 Å². The minimum atomic E-state index is -1.56. The van der Waals surface area contributed by atoms with Gasteiger partial charge in [-0.2, -0.15) is 0 Å². The fourth-order valence-electron chi connectivity index (χ4n) is 2.84. The molecule has 3 rings (SSSR count). The molecule has 0 aliphatic heterocycles. The molecule has 3 heteroatoms. The van der Waals surface area contributed by atoms with E-state index in [9.17, 15) is 4.79 Å². The fraction of sp³-hybridized carbons (Fsp3) is 0.240. The fourth-order valence-corrected chi connectivity index (χ4v) is 10.9. The molecule has 3 aromatic carbocycles. The van der Waals surface area contributed by atoms with Gasteiger partial charge in [0, 0.05) is 0 Å². The van der Waals surface area contributed by atoms with Gasteiger partial charge in [-0.15, -0.1) is 0 Å². The minimum absolute atomic E-state index is 0.231. The third kappa shape index (κ3) is 8.74. The summed E-state index contributed by atoms with van der Waals surface area (Å²) in [5.41, 5.74) is 4.55. The molecule has 0 fully saturated rings. The second-order valence-electron chi connectivity index (χ2n) is 7.23. The van der Waals surface area contributed by atoms with E-state index >= 15 is 0 Å². The predicted octanol–water partition coefficient (Wildman–Crippen LogP) is 5.55. The van der Waals surface area contributed by atoms with Crippen LogP contribution in [-0.4, -0.2) is 30.8 Å². The molecule has 0 saturated carbocycles. The number of carboxylic acids is 1. The molecule has 145 valence electrons. The Labute approximate surface area is 176 Å². The molecule has 2 nitrogen and oxygen atoms in total. The third-order valence-electron chi connectivity index (χ3n) is 4.38. The van der Waals surface area contributed by atoms with Crippen LogP contribution in [0.3, 0.4) is 0 Å². The van der Waals surface area contributed by atoms with Crippen LogP contribution < -0.4 is 0 Å². The van der Waals surface area contributed by atoms with Crippen LogP contribution in [-0.2, 0) is 18.1 Å². The third-order valence-corrected chi connectivity index (χ3v) is 12.2. The van der Waals surface area contributed by atoms with Gasteiger partial charge < -0.3 is 5.11 Å². The number of hydrogen-bond acceptors (Lipinski definition) is 1. The summed E-state index contributed by atoms with van der Waals surface area (Å²) in [5, 5.41) is 7.99. The summed E-state index contributed by atoms with van der Waals surface area (Å²) in [6.45, 7) is 3.28. The maximum atomic E-state index is 9.70. The van der Waals surface area contributed by atoms with Crippen molar-refractivity contribution in [2.24, 2.45) is 5.92 Å². The van der Waals surface area contributed by atoms with Crippen LogP contribution in [0, 0.1) is 5.92 Å². The van der Waals surface area contributed by atoms with E-state index < -0.39 is 25.7 Å². The predicted molar refractivity (Wildman–Crippen MR) is 119 cm³/mol. The summed E-state index contributed by atoms with van der Waals surface area (Å²) in [4.78, 5) is 9.70. The van der Waals surface area contributed by atoms with Crippen molar-refractivity contribution in [1.29, 1.82) is 0 Å². The average molecular weight is 480 g/mol. The topological polar surface area (TPSA) is 37.3 Å². The molecule has 0 spiro atoms. The summed E-state index contributed by atoms with van der Waals surface area (Å²) >= 11 is -1.56. The number of hydrogen-bond donors (Lipinski definition) is 1. The zero-order valence-electron chi connectivity index (χ0n) is 16.7. The first-order valence-electron chi connectivity index (χ1n) is 9.72. The molecule has 0 aliphatic rings. The van der Waals surface area contributed by atoms with Crippen LogP contribution in [0.2, 0.25) is 0 Å². The van der Waals surface area contributed by atoms with Crippen molar-refractivity contribution in [1.82, 2.24) is 0 Å². The molecule has 0 aromatic heterocycles. The molecule has 1 radical (unpaired) electrons. The molecule has 1 N–H and O–H groups in total. The molecule has 0 bridgehead atoms. The van der Waals surface area contributed by atoms with Gasteiger partial charge in [0.25, 0.3) is 0 Å². The first-order valence-corrected chi connectivity index (χ1v) is 15.8. The van der Waals surface area contributed by atoms with Crippen molar-refractivity contribution in [2.45, 2.75) is 27.2 Å². The first kappa shape index (κ1) is 22.2. The van der Waals surface area contributed by atoms with Crippen molar-refractivity contribution >= 4 is 25.7 Å². The summed E-state index contributed by atoms with van der Waals surface area (Å²) in [6, 6.07) is 33.1. The number of benzene rings is 3. The van der Waals surface area contributed by atoms with E-state index in [0.717, 1.165) is 0 Å². The van der Waals surface area contributed by atoms with Gasteiger partial charge in [0.15, 0.2) is 0 Å². The van der Waals surface area contributed by atoms with Crippen LogP contribution in [0.4, 0.5) is 0 Å². The van der Waals surface area contributed by atoms with Gasteiger partial charge in [-0.3, -0.25) is 4.79 Å². The van der Waals surface area contributed by atoms with Crippen molar-refractivity contribution in [2.75, 3.05) is 0 Å². The molecule has 0 unspecified atom stereocenters. The van der Waals surface area contributed by atoms with Gasteiger partial charge in [-0.25, -0.2) is 0 Å². The van der Waals surface area contributed by atoms with Gasteiger partial charge in [0.1, 0.15) is 0 Å². The normalized spacial score (nSPS) is 10.4. The molecule has 0 aliphatic carbocycles. The second-order valence-corrected chi connectivity index (χ2v) is 14.5. The van der Waals surface area contributed by atoms with Gasteiger partial charge in [-0.05, 0) is 0 Å². The van der Waals surface area contributed by atoms with Crippen LogP contribution in [0.15, 0.2) is 91.0 Å². The van der Waals surface area contributed by atoms with Crippen LogP contribution in [0.5, 0.6) is 0 Å². The second kappa shape index (κ2) is 12.4. The van der Waals surface area contributed by atoms with E-state index in [0.29, 0.717) is 0 Å². The van der Waals surface area contributed by atoms with Crippen molar-refractivity contribution in [3.05, 3.63) is 108 Å². The van der Waals surface area contributed by atoms with Gasteiger partial charge in [0.2, 0.25) is 0 Å². The summed E-state index contributed by atoms with van der Waals surface area (Å²) < 4.78 is 3.98. The van der Waals surface area contributed by atoms with E-state index in [2.05, 4.69) is 91.0 Å². The number of rotatable bonds is 7. The van der Waals surface area contributed by atoms with Crippen LogP contribution in [0.1, 0.15) is 30.5 Å². The van der Waals surface area contributed by atoms with E-state index in [1.165, 1.54) is 30.0 Å². The number of carbonyl (C=O) groups is 1. The standard InChI is InChI=1S/3C7H7.C4H8O2.Sn/c3*1-7-5-3-2-4-6-7;1-3(2)4(5)6;/h3*2-6H,1H2;3H,1-2H3,(H,5,6);. The summed E-state index contributed by atoms with van der Waals surface area (Å²) in [5.74, 6) is -0.972. The zero-order chi connectivity index (χ0) is 20.2. The van der Waals surface area contributed by atoms with Crippen molar-refractivity contribution in [3.63, 3.8) is 0 Å². The SMILES string of the molecule is CC(C)C(=O)O.c1ccc([CH2][Sn]([CH2]c2ccccc2)[CH2]c2ccccc2)cc1. The molecule has 3 aromatic rings. The summed E-state index contributed by atoms with van der Waals surface area (Å²) in [6.07, 6.45) is 0. The zero-order valence-corrected chi connectivity index (χ0v) is 19.6. The Kier molecular flexibility index (Phi) is 9.84. The van der Waals surface area contributed by atoms with Gasteiger partial charge in [-0.1, -0.05) is 13.8 Å². The van der Waals surface area contributed by atoms with E-state index in [-0.39, 0.29) is 5.92 Å². The van der Waals surface area contributed by atoms with Crippen molar-refractivity contribution in [3.8, 4) is 0 Å². The average Bonchev–Trinajstić information content (AvgIpc) is 2.71. The Morgan fingerprint density at radius 3 is 1.14 bits per heavy atom. The molecule has 0 heterocycles. The monoisotopic (exact) mass is 481 g/mol. The van der Waals surface area contributed by atoms with E-state index in [1.807, 2.05) is 0 Å². The molecule has 28 heavy (non-hydrogen) atoms. The van der Waals surface area contributed by atoms with Crippen LogP contribution in [0.25, 0.3) is 0 Å². The Hall–Kier alpha value is -2.07. The quantitative estimate of drug-likeness (QED) is 0.451. The molecular formula is C25H29O2Sn. The Balaban J connectivity index is 0.000000409. The molecular weight excluding hydrogens is 451 g/mol. The number of aliphatic carboxylic acids is 1. The summed E-state index contributed by atoms with van der Waals surface area (Å²) in [7, 11) is 0. The van der Waals surface area contributed by atoms with Crippen LogP contribution >= 0.6 is 0 Å². The molecule has 0 saturated heterocycles. The Bertz CT molecular complexity index is 703. The van der Waals surface area contributed by atoms with E-state index in [1.54, 1.807) is 13.8 Å². The maximum absolute atomic E-state index is 9.70. The molecule has 0 amide bonds. The first-order chi connectivity index (χ1) is 13.5. The van der Waals surface area contributed by atoms with Crippen molar-refractivity contribution < 1.29 is 9.90 Å². The Morgan fingerprint density at radius 2 is 0.929 bits per heavy atom. The molecule has 0 atom stereocenters. The Morgan fingerprint density at radius 1 is 0.679 bits per heavy atom. The number of carboxylic acid groups (broad SMARTS) is 1.